The molecule has 0 aliphatic heterocycles. The summed E-state index contributed by atoms with van der Waals surface area (Å²) in [4.78, 5) is 24.6. The predicted molar refractivity (Wildman–Crippen MR) is 114 cm³/mol. The number of carboxylic acids is 1. The highest BCUT2D eigenvalue weighted by Gasteiger charge is 2.20. The van der Waals surface area contributed by atoms with Crippen LogP contribution in [0.15, 0.2) is 71.5 Å². The van der Waals surface area contributed by atoms with Gasteiger partial charge in [-0.25, -0.2) is 9.48 Å². The molecule has 0 unspecified atom stereocenters. The number of benzene rings is 3. The van der Waals surface area contributed by atoms with Crippen molar-refractivity contribution in [3.63, 3.8) is 0 Å². The van der Waals surface area contributed by atoms with Crippen LogP contribution < -0.4 is 15.6 Å². The van der Waals surface area contributed by atoms with Crippen LogP contribution in [0.2, 0.25) is 0 Å². The molecule has 0 amide bonds. The lowest BCUT2D eigenvalue weighted by molar-refractivity contribution is 0.0687. The molecule has 142 valence electrons. The van der Waals surface area contributed by atoms with Gasteiger partial charge in [0.15, 0.2) is 0 Å². The predicted octanol–water partition coefficient (Wildman–Crippen LogP) is 2.44. The summed E-state index contributed by atoms with van der Waals surface area (Å²) in [5.74, 6) is -0.553. The molecule has 4 aromatic rings. The second-order valence-electron chi connectivity index (χ2n) is 6.80. The van der Waals surface area contributed by atoms with Crippen molar-refractivity contribution < 1.29 is 14.6 Å². The third-order valence-electron chi connectivity index (χ3n) is 4.60. The molecule has 0 atom stereocenters. The van der Waals surface area contributed by atoms with Gasteiger partial charge in [0.25, 0.3) is 0 Å². The highest BCUT2D eigenvalue weighted by Crippen LogP contribution is 2.28. The zero-order chi connectivity index (χ0) is 20.5. The summed E-state index contributed by atoms with van der Waals surface area (Å²) in [5.41, 5.74) is 2.01. The second kappa shape index (κ2) is 7.28. The van der Waals surface area contributed by atoms with Crippen LogP contribution in [0.3, 0.4) is 0 Å². The van der Waals surface area contributed by atoms with Gasteiger partial charge in [-0.3, -0.25) is 4.79 Å². The van der Waals surface area contributed by atoms with Crippen molar-refractivity contribution in [3.8, 4) is 17.2 Å². The molecule has 7 heteroatoms. The van der Waals surface area contributed by atoms with E-state index in [2.05, 4.69) is 5.10 Å². The minimum absolute atomic E-state index is 0.168. The Morgan fingerprint density at radius 2 is 1.72 bits per heavy atom. The minimum Gasteiger partial charge on any atom is -0.476 e. The van der Waals surface area contributed by atoms with Crippen molar-refractivity contribution in [2.24, 2.45) is 0 Å². The maximum atomic E-state index is 12.9. The van der Waals surface area contributed by atoms with Crippen LogP contribution in [0.4, 0.5) is 0 Å². The Bertz CT molecular complexity index is 1280. The fourth-order valence-electron chi connectivity index (χ4n) is 3.08. The molecule has 0 saturated heterocycles. The Hall–Kier alpha value is -3.87. The fraction of sp³-hybridized carbons (Fsp3) is 0.0455. The summed E-state index contributed by atoms with van der Waals surface area (Å²) in [5, 5.41) is 13.8. The number of aromatic carboxylic acids is 1. The number of fused-ring (bicyclic) bond motifs is 1. The van der Waals surface area contributed by atoms with E-state index in [1.807, 2.05) is 51.2 Å². The van der Waals surface area contributed by atoms with E-state index < -0.39 is 17.1 Å². The van der Waals surface area contributed by atoms with Crippen molar-refractivity contribution in [2.45, 2.75) is 6.92 Å². The smallest absolute Gasteiger partial charge is 0.360 e. The van der Waals surface area contributed by atoms with Crippen molar-refractivity contribution >= 4 is 30.2 Å². The summed E-state index contributed by atoms with van der Waals surface area (Å²) in [6.07, 6.45) is 0. The van der Waals surface area contributed by atoms with Crippen molar-refractivity contribution in [1.82, 2.24) is 9.78 Å². The molecule has 29 heavy (non-hydrogen) atoms. The number of rotatable bonds is 4. The molecule has 1 heterocycles. The number of carbonyl (C=O) groups is 1. The van der Waals surface area contributed by atoms with E-state index >= 15 is 0 Å². The fourth-order valence-corrected chi connectivity index (χ4v) is 3.08. The van der Waals surface area contributed by atoms with Crippen LogP contribution in [0.25, 0.3) is 16.6 Å². The first-order valence-electron chi connectivity index (χ1n) is 9.05. The van der Waals surface area contributed by atoms with Gasteiger partial charge in [0.05, 0.1) is 16.6 Å². The Morgan fingerprint density at radius 1 is 1.03 bits per heavy atom. The summed E-state index contributed by atoms with van der Waals surface area (Å²) >= 11 is 0. The Labute approximate surface area is 167 Å². The number of ether oxygens (including phenoxy) is 1. The van der Waals surface area contributed by atoms with Gasteiger partial charge in [-0.15, -0.1) is 0 Å². The lowest BCUT2D eigenvalue weighted by atomic mass is 9.97. The molecule has 6 nitrogen and oxygen atoms in total. The zero-order valence-corrected chi connectivity index (χ0v) is 15.9. The summed E-state index contributed by atoms with van der Waals surface area (Å²) < 4.78 is 7.40. The molecule has 3 aromatic carbocycles. The average Bonchev–Trinajstić information content (AvgIpc) is 2.71. The molecule has 0 aliphatic carbocycles. The number of hydrogen-bond acceptors (Lipinski definition) is 4. The number of aryl methyl sites for hydroxylation is 1. The first-order valence-corrected chi connectivity index (χ1v) is 9.05. The number of carboxylic acid groups (broad SMARTS) is 1. The molecule has 0 radical (unpaired) electrons. The SMILES string of the molecule is Bc1ccc(Oc2cccc3c2c(=O)c(C(=O)O)nn3-c2ccc(C)cc2)cc1. The monoisotopic (exact) mass is 384 g/mol. The third-order valence-corrected chi connectivity index (χ3v) is 4.60. The first kappa shape index (κ1) is 18.5. The highest BCUT2D eigenvalue weighted by atomic mass is 16.5. The van der Waals surface area contributed by atoms with Crippen LogP contribution in [-0.2, 0) is 0 Å². The van der Waals surface area contributed by atoms with E-state index in [-0.39, 0.29) is 11.1 Å². The lowest BCUT2D eigenvalue weighted by Gasteiger charge is -2.14. The van der Waals surface area contributed by atoms with Crippen LogP contribution in [-0.4, -0.2) is 28.7 Å². The van der Waals surface area contributed by atoms with Crippen molar-refractivity contribution in [3.05, 3.63) is 88.2 Å². The number of hydrogen-bond donors (Lipinski definition) is 1. The average molecular weight is 384 g/mol. The van der Waals surface area contributed by atoms with Crippen LogP contribution in [0, 0.1) is 6.92 Å². The van der Waals surface area contributed by atoms with E-state index in [1.165, 1.54) is 4.68 Å². The molecule has 4 rings (SSSR count). The zero-order valence-electron chi connectivity index (χ0n) is 15.9. The molecule has 0 aliphatic rings. The van der Waals surface area contributed by atoms with Gasteiger partial charge in [0.1, 0.15) is 19.3 Å². The number of nitrogens with zero attached hydrogens (tertiary/aromatic N) is 2. The third kappa shape index (κ3) is 3.50. The summed E-state index contributed by atoms with van der Waals surface area (Å²) in [6.45, 7) is 1.96. The van der Waals surface area contributed by atoms with Gasteiger partial charge in [-0.05, 0) is 43.3 Å². The van der Waals surface area contributed by atoms with E-state index in [0.29, 0.717) is 17.0 Å². The van der Waals surface area contributed by atoms with E-state index in [1.54, 1.807) is 30.3 Å². The Balaban J connectivity index is 1.99. The second-order valence-corrected chi connectivity index (χ2v) is 6.80. The van der Waals surface area contributed by atoms with Crippen molar-refractivity contribution in [1.29, 1.82) is 0 Å². The quantitative estimate of drug-likeness (QED) is 0.547. The maximum Gasteiger partial charge on any atom is 0.360 e. The number of aromatic nitrogens is 2. The Morgan fingerprint density at radius 3 is 2.38 bits per heavy atom. The van der Waals surface area contributed by atoms with Gasteiger partial charge in [0.2, 0.25) is 11.1 Å². The Kier molecular flexibility index (Phi) is 4.64. The van der Waals surface area contributed by atoms with Crippen LogP contribution in [0.1, 0.15) is 16.1 Å². The topological polar surface area (TPSA) is 81.4 Å². The minimum atomic E-state index is -1.39. The van der Waals surface area contributed by atoms with Crippen LogP contribution >= 0.6 is 0 Å². The molecule has 0 saturated carbocycles. The summed E-state index contributed by atoms with van der Waals surface area (Å²) in [7, 11) is 1.97. The molecule has 0 bridgehead atoms. The van der Waals surface area contributed by atoms with E-state index in [9.17, 15) is 14.7 Å². The molecular formula is C22H17BN2O4. The van der Waals surface area contributed by atoms with Gasteiger partial charge in [0, 0.05) is 0 Å². The van der Waals surface area contributed by atoms with Crippen molar-refractivity contribution in [2.75, 3.05) is 0 Å². The lowest BCUT2D eigenvalue weighted by Crippen LogP contribution is -2.22. The molecular weight excluding hydrogens is 367 g/mol. The normalized spacial score (nSPS) is 10.8. The van der Waals surface area contributed by atoms with Gasteiger partial charge in [-0.2, -0.15) is 5.10 Å². The molecule has 1 N–H and O–H groups in total. The van der Waals surface area contributed by atoms with Crippen LogP contribution in [0.5, 0.6) is 11.5 Å². The largest absolute Gasteiger partial charge is 0.476 e. The summed E-state index contributed by atoms with van der Waals surface area (Å²) in [6, 6.07) is 19.9. The standard InChI is InChI=1S/C22H17BN2O4/c1-13-5-9-15(10-6-13)25-17-3-2-4-18(29-16-11-7-14(23)8-12-16)19(17)21(26)20(24-25)22(27)28/h2-12H,23H2,1H3,(H,27,28). The van der Waals surface area contributed by atoms with Gasteiger partial charge < -0.3 is 9.84 Å². The van der Waals surface area contributed by atoms with Gasteiger partial charge in [-0.1, -0.05) is 41.4 Å². The van der Waals surface area contributed by atoms with Gasteiger partial charge >= 0.3 is 5.97 Å². The van der Waals surface area contributed by atoms with E-state index in [4.69, 9.17) is 4.74 Å². The highest BCUT2D eigenvalue weighted by molar-refractivity contribution is 6.32. The molecule has 0 spiro atoms. The first-order chi connectivity index (χ1) is 13.9. The van der Waals surface area contributed by atoms with E-state index in [0.717, 1.165) is 11.0 Å². The maximum absolute atomic E-state index is 12.9. The molecule has 1 aromatic heterocycles. The molecule has 0 fully saturated rings.